The van der Waals surface area contributed by atoms with E-state index in [4.69, 9.17) is 4.74 Å². The van der Waals surface area contributed by atoms with Crippen molar-refractivity contribution in [3.63, 3.8) is 0 Å². The van der Waals surface area contributed by atoms with Gasteiger partial charge >= 0.3 is 0 Å². The smallest absolute Gasteiger partial charge is 0.131 e. The van der Waals surface area contributed by atoms with Gasteiger partial charge in [-0.05, 0) is 110 Å². The molecule has 51 heavy (non-hydrogen) atoms. The SMILES string of the molecule is CCCCCCCCCc1c(Oc2cc(C)c(C)c(C=Cc3ccccc3)c2CCCCCCCCC)cc(C)c(C)c1C=Cc1ccccc1. The number of ether oxygens (including phenoxy) is 1. The quantitative estimate of drug-likeness (QED) is 0.0592. The summed E-state index contributed by atoms with van der Waals surface area (Å²) in [6.45, 7) is 13.6. The van der Waals surface area contributed by atoms with Gasteiger partial charge in [-0.3, -0.25) is 0 Å². The number of aryl methyl sites for hydroxylation is 2. The van der Waals surface area contributed by atoms with E-state index in [9.17, 15) is 0 Å². The van der Waals surface area contributed by atoms with Crippen LogP contribution in [0.15, 0.2) is 72.8 Å². The molecule has 0 saturated carbocycles. The Kier molecular flexibility index (Phi) is 17.4. The largest absolute Gasteiger partial charge is 0.457 e. The minimum absolute atomic E-state index is 1.03. The fraction of sp³-hybridized carbons (Fsp3) is 0.440. The lowest BCUT2D eigenvalue weighted by Crippen LogP contribution is -2.04. The van der Waals surface area contributed by atoms with Crippen LogP contribution in [-0.4, -0.2) is 0 Å². The second-order valence-electron chi connectivity index (χ2n) is 14.8. The van der Waals surface area contributed by atoms with Crippen molar-refractivity contribution in [1.29, 1.82) is 0 Å². The van der Waals surface area contributed by atoms with Crippen molar-refractivity contribution < 1.29 is 4.74 Å². The first kappa shape index (κ1) is 39.9. The Balaban J connectivity index is 1.74. The molecule has 0 aromatic heterocycles. The van der Waals surface area contributed by atoms with E-state index in [1.165, 1.54) is 146 Å². The molecule has 0 aliphatic heterocycles. The molecule has 0 radical (unpaired) electrons. The Labute approximate surface area is 312 Å². The summed E-state index contributed by atoms with van der Waals surface area (Å²) in [4.78, 5) is 0. The molecular formula is C50H66O. The van der Waals surface area contributed by atoms with Crippen LogP contribution in [0.1, 0.15) is 159 Å². The van der Waals surface area contributed by atoms with Crippen molar-refractivity contribution in [2.24, 2.45) is 0 Å². The molecule has 0 atom stereocenters. The summed E-state index contributed by atoms with van der Waals surface area (Å²) < 4.78 is 7.25. The van der Waals surface area contributed by atoms with Gasteiger partial charge in [0.1, 0.15) is 11.5 Å². The van der Waals surface area contributed by atoms with Crippen molar-refractivity contribution in [2.45, 2.75) is 144 Å². The van der Waals surface area contributed by atoms with Gasteiger partial charge in [0.05, 0.1) is 0 Å². The third kappa shape index (κ3) is 12.7. The van der Waals surface area contributed by atoms with E-state index >= 15 is 0 Å². The van der Waals surface area contributed by atoms with Crippen molar-refractivity contribution in [3.05, 3.63) is 128 Å². The molecule has 0 fully saturated rings. The summed E-state index contributed by atoms with van der Waals surface area (Å²) in [7, 11) is 0. The van der Waals surface area contributed by atoms with E-state index in [0.29, 0.717) is 0 Å². The lowest BCUT2D eigenvalue weighted by atomic mass is 9.91. The van der Waals surface area contributed by atoms with Crippen LogP contribution in [0.3, 0.4) is 0 Å². The van der Waals surface area contributed by atoms with Crippen LogP contribution in [0.5, 0.6) is 11.5 Å². The average molecular weight is 683 g/mol. The molecule has 0 unspecified atom stereocenters. The van der Waals surface area contributed by atoms with E-state index in [1.54, 1.807) is 0 Å². The molecule has 0 bridgehead atoms. The van der Waals surface area contributed by atoms with Crippen LogP contribution in [0.4, 0.5) is 0 Å². The fourth-order valence-electron chi connectivity index (χ4n) is 7.20. The molecule has 4 rings (SSSR count). The third-order valence-electron chi connectivity index (χ3n) is 10.7. The molecule has 4 aromatic carbocycles. The van der Waals surface area contributed by atoms with Gasteiger partial charge in [-0.2, -0.15) is 0 Å². The number of unbranched alkanes of at least 4 members (excludes halogenated alkanes) is 12. The zero-order valence-electron chi connectivity index (χ0n) is 33.0. The monoisotopic (exact) mass is 683 g/mol. The first-order valence-corrected chi connectivity index (χ1v) is 20.3. The van der Waals surface area contributed by atoms with Gasteiger partial charge in [-0.1, -0.05) is 176 Å². The first-order chi connectivity index (χ1) is 24.9. The van der Waals surface area contributed by atoms with Crippen LogP contribution in [0.25, 0.3) is 24.3 Å². The number of benzene rings is 4. The van der Waals surface area contributed by atoms with Gasteiger partial charge < -0.3 is 4.74 Å². The van der Waals surface area contributed by atoms with Gasteiger partial charge in [-0.25, -0.2) is 0 Å². The first-order valence-electron chi connectivity index (χ1n) is 20.3. The van der Waals surface area contributed by atoms with Gasteiger partial charge in [0, 0.05) is 11.1 Å². The van der Waals surface area contributed by atoms with Crippen molar-refractivity contribution in [1.82, 2.24) is 0 Å². The summed E-state index contributed by atoms with van der Waals surface area (Å²) >= 11 is 0. The number of hydrogen-bond donors (Lipinski definition) is 0. The molecular weight excluding hydrogens is 617 g/mol. The Bertz CT molecular complexity index is 1530. The highest BCUT2D eigenvalue weighted by Gasteiger charge is 2.19. The topological polar surface area (TPSA) is 9.23 Å². The van der Waals surface area contributed by atoms with Gasteiger partial charge in [0.15, 0.2) is 0 Å². The molecule has 0 saturated heterocycles. The van der Waals surface area contributed by atoms with Crippen LogP contribution in [0.2, 0.25) is 0 Å². The maximum atomic E-state index is 7.25. The fourth-order valence-corrected chi connectivity index (χ4v) is 7.20. The average Bonchev–Trinajstić information content (AvgIpc) is 3.14. The standard InChI is InChI=1S/C50H66O/c1-7-9-11-13-15-17-25-31-47-45(35-33-43-27-21-19-22-28-43)41(5)39(3)37-49(47)51-50-38-40(4)42(6)46(36-34-44-29-23-20-24-30-44)48(50)32-26-18-16-14-12-10-8-2/h19-24,27-30,33-38H,7-18,25-26,31-32H2,1-6H3. The summed E-state index contributed by atoms with van der Waals surface area (Å²) in [6.07, 6.45) is 29.5. The second kappa shape index (κ2) is 22.2. The van der Waals surface area contributed by atoms with Crippen LogP contribution < -0.4 is 4.74 Å². The van der Waals surface area contributed by atoms with Crippen molar-refractivity contribution in [3.8, 4) is 11.5 Å². The van der Waals surface area contributed by atoms with Gasteiger partial charge in [-0.15, -0.1) is 0 Å². The second-order valence-corrected chi connectivity index (χ2v) is 14.8. The number of rotatable bonds is 22. The van der Waals surface area contributed by atoms with E-state index < -0.39 is 0 Å². The molecule has 272 valence electrons. The predicted molar refractivity (Wildman–Crippen MR) is 226 cm³/mol. The highest BCUT2D eigenvalue weighted by molar-refractivity contribution is 5.77. The molecule has 0 amide bonds. The lowest BCUT2D eigenvalue weighted by Gasteiger charge is -2.22. The van der Waals surface area contributed by atoms with E-state index in [2.05, 4.69) is 139 Å². The molecule has 1 nitrogen and oxygen atoms in total. The summed E-state index contributed by atoms with van der Waals surface area (Å²) in [5, 5.41) is 0. The van der Waals surface area contributed by atoms with Gasteiger partial charge in [0.2, 0.25) is 0 Å². The molecule has 0 N–H and O–H groups in total. The normalized spacial score (nSPS) is 11.6. The van der Waals surface area contributed by atoms with Gasteiger partial charge in [0.25, 0.3) is 0 Å². The van der Waals surface area contributed by atoms with Crippen molar-refractivity contribution >= 4 is 24.3 Å². The predicted octanol–water partition coefficient (Wildman–Crippen LogP) is 15.6. The molecule has 0 aliphatic carbocycles. The summed E-state index contributed by atoms with van der Waals surface area (Å²) in [5.74, 6) is 2.05. The number of hydrogen-bond acceptors (Lipinski definition) is 1. The highest BCUT2D eigenvalue weighted by atomic mass is 16.5. The lowest BCUT2D eigenvalue weighted by molar-refractivity contribution is 0.464. The molecule has 0 spiro atoms. The Morgan fingerprint density at radius 1 is 0.431 bits per heavy atom. The minimum atomic E-state index is 1.03. The van der Waals surface area contributed by atoms with Crippen LogP contribution >= 0.6 is 0 Å². The maximum Gasteiger partial charge on any atom is 0.131 e. The summed E-state index contributed by atoms with van der Waals surface area (Å²) in [6, 6.07) is 26.0. The van der Waals surface area contributed by atoms with E-state index in [-0.39, 0.29) is 0 Å². The molecule has 0 aliphatic rings. The third-order valence-corrected chi connectivity index (χ3v) is 10.7. The molecule has 4 aromatic rings. The van der Waals surface area contributed by atoms with Crippen LogP contribution in [0, 0.1) is 27.7 Å². The van der Waals surface area contributed by atoms with E-state index in [1.807, 2.05) is 0 Å². The van der Waals surface area contributed by atoms with E-state index in [0.717, 1.165) is 24.3 Å². The maximum absolute atomic E-state index is 7.25. The van der Waals surface area contributed by atoms with Crippen molar-refractivity contribution in [2.75, 3.05) is 0 Å². The minimum Gasteiger partial charge on any atom is -0.457 e. The molecule has 0 heterocycles. The Morgan fingerprint density at radius 2 is 0.784 bits per heavy atom. The van der Waals surface area contributed by atoms with Crippen LogP contribution in [-0.2, 0) is 12.8 Å². The highest BCUT2D eigenvalue weighted by Crippen LogP contribution is 2.39. The zero-order valence-corrected chi connectivity index (χ0v) is 33.0. The molecule has 1 heteroatoms. The Hall–Kier alpha value is -3.84. The Morgan fingerprint density at radius 3 is 1.16 bits per heavy atom. The zero-order chi connectivity index (χ0) is 36.3. The summed E-state index contributed by atoms with van der Waals surface area (Å²) in [5.41, 5.74) is 13.0.